The van der Waals surface area contributed by atoms with Crippen molar-refractivity contribution in [2.75, 3.05) is 27.2 Å². The van der Waals surface area contributed by atoms with Gasteiger partial charge in [-0.25, -0.2) is 0 Å². The number of likely N-dealkylation sites (tertiary alicyclic amines) is 1. The molecular weight excluding hydrogens is 580 g/mol. The lowest BCUT2D eigenvalue weighted by Crippen LogP contribution is -2.57. The second-order valence-electron chi connectivity index (χ2n) is 14.7. The van der Waals surface area contributed by atoms with E-state index in [4.69, 9.17) is 4.74 Å². The molecule has 8 heteroatoms. The Morgan fingerprint density at radius 3 is 2.47 bits per heavy atom. The van der Waals surface area contributed by atoms with Gasteiger partial charge in [0.05, 0.1) is 18.2 Å². The molecular formula is C37H46N4O3S. The zero-order valence-electron chi connectivity index (χ0n) is 27.1. The predicted molar refractivity (Wildman–Crippen MR) is 181 cm³/mol. The van der Waals surface area contributed by atoms with Gasteiger partial charge >= 0.3 is 0 Å². The van der Waals surface area contributed by atoms with Crippen LogP contribution in [0.3, 0.4) is 0 Å². The molecule has 4 heterocycles. The minimum Gasteiger partial charge on any atom is -0.497 e. The second-order valence-corrected chi connectivity index (χ2v) is 16.1. The Morgan fingerprint density at radius 1 is 1.00 bits per heavy atom. The molecule has 45 heavy (non-hydrogen) atoms. The van der Waals surface area contributed by atoms with Crippen molar-refractivity contribution in [1.82, 2.24) is 19.1 Å². The SMILES string of the molecule is COc1ccc2c(c1)C1CC1(C(=O)N1C3CCC1CN(C)C3)Cn1c-2c(C2CCCCC2)c2ccc(C(=O)NSC(C)C)cc21. The maximum absolute atomic E-state index is 15.0. The normalized spacial score (nSPS) is 27.6. The van der Waals surface area contributed by atoms with Gasteiger partial charge in [-0.1, -0.05) is 39.2 Å². The number of carbonyl (C=O) groups is 2. The predicted octanol–water partition coefficient (Wildman–Crippen LogP) is 6.94. The number of hydrogen-bond acceptors (Lipinski definition) is 5. The van der Waals surface area contributed by atoms with Gasteiger partial charge in [-0.05, 0) is 98.5 Å². The monoisotopic (exact) mass is 626 g/mol. The van der Waals surface area contributed by atoms with E-state index in [0.717, 1.165) is 43.6 Å². The molecule has 3 aliphatic heterocycles. The first-order valence-electron chi connectivity index (χ1n) is 17.1. The van der Waals surface area contributed by atoms with Crippen molar-refractivity contribution >= 4 is 34.7 Å². The number of rotatable bonds is 6. The van der Waals surface area contributed by atoms with Crippen molar-refractivity contribution in [3.05, 3.63) is 53.1 Å². The number of benzene rings is 2. The van der Waals surface area contributed by atoms with Crippen molar-refractivity contribution in [2.45, 2.75) is 101 Å². The smallest absolute Gasteiger partial charge is 0.261 e. The van der Waals surface area contributed by atoms with Gasteiger partial charge in [0.25, 0.3) is 5.91 Å². The Balaban J connectivity index is 1.32. The van der Waals surface area contributed by atoms with Crippen LogP contribution in [0.4, 0.5) is 0 Å². The summed E-state index contributed by atoms with van der Waals surface area (Å²) in [4.78, 5) is 33.0. The summed E-state index contributed by atoms with van der Waals surface area (Å²) in [5.41, 5.74) is 6.48. The topological polar surface area (TPSA) is 66.8 Å². The quantitative estimate of drug-likeness (QED) is 0.300. The van der Waals surface area contributed by atoms with Gasteiger partial charge in [-0.3, -0.25) is 14.3 Å². The summed E-state index contributed by atoms with van der Waals surface area (Å²) in [5.74, 6) is 1.77. The van der Waals surface area contributed by atoms with Crippen molar-refractivity contribution < 1.29 is 14.3 Å². The summed E-state index contributed by atoms with van der Waals surface area (Å²) in [6.45, 7) is 6.75. The third kappa shape index (κ3) is 4.72. The van der Waals surface area contributed by atoms with Crippen LogP contribution in [0.2, 0.25) is 0 Å². The average Bonchev–Trinajstić information content (AvgIpc) is 3.63. The molecule has 1 N–H and O–H groups in total. The number of carbonyl (C=O) groups excluding carboxylic acids is 2. The molecule has 2 bridgehead atoms. The van der Waals surface area contributed by atoms with E-state index in [1.54, 1.807) is 7.11 Å². The van der Waals surface area contributed by atoms with Gasteiger partial charge < -0.3 is 19.1 Å². The van der Waals surface area contributed by atoms with Gasteiger partial charge in [0.2, 0.25) is 5.91 Å². The number of hydrogen-bond donors (Lipinski definition) is 1. The lowest BCUT2D eigenvalue weighted by molar-refractivity contribution is -0.143. The van der Waals surface area contributed by atoms with E-state index in [-0.39, 0.29) is 11.8 Å². The van der Waals surface area contributed by atoms with Crippen molar-refractivity contribution in [3.8, 4) is 17.0 Å². The fourth-order valence-electron chi connectivity index (χ4n) is 9.35. The molecule has 2 aliphatic carbocycles. The Bertz CT molecular complexity index is 1660. The van der Waals surface area contributed by atoms with E-state index >= 15 is 0 Å². The molecule has 4 unspecified atom stereocenters. The highest BCUT2D eigenvalue weighted by Gasteiger charge is 2.65. The van der Waals surface area contributed by atoms with Crippen molar-refractivity contribution in [1.29, 1.82) is 0 Å². The number of amides is 2. The molecule has 2 saturated heterocycles. The average molecular weight is 627 g/mol. The molecule has 4 fully saturated rings. The van der Waals surface area contributed by atoms with Gasteiger partial charge in [-0.15, -0.1) is 0 Å². The van der Waals surface area contributed by atoms with E-state index in [9.17, 15) is 9.59 Å². The summed E-state index contributed by atoms with van der Waals surface area (Å²) < 4.78 is 11.3. The number of fused-ring (bicyclic) bond motifs is 9. The maximum atomic E-state index is 15.0. The number of ether oxygens (including phenoxy) is 1. The van der Waals surface area contributed by atoms with Crippen LogP contribution in [0.15, 0.2) is 36.4 Å². The highest BCUT2D eigenvalue weighted by atomic mass is 32.2. The molecule has 0 radical (unpaired) electrons. The highest BCUT2D eigenvalue weighted by Crippen LogP contribution is 2.66. The number of aromatic nitrogens is 1. The molecule has 2 amide bonds. The molecule has 8 rings (SSSR count). The minimum absolute atomic E-state index is 0.0618. The largest absolute Gasteiger partial charge is 0.497 e. The number of likely N-dealkylation sites (N-methyl/N-ethyl adjacent to an activating group) is 1. The van der Waals surface area contributed by atoms with E-state index in [2.05, 4.69) is 70.3 Å². The van der Waals surface area contributed by atoms with Gasteiger partial charge in [-0.2, -0.15) is 0 Å². The van der Waals surface area contributed by atoms with Crippen LogP contribution in [0, 0.1) is 5.41 Å². The molecule has 3 aromatic rings. The zero-order valence-corrected chi connectivity index (χ0v) is 27.9. The molecule has 4 atom stereocenters. The highest BCUT2D eigenvalue weighted by molar-refractivity contribution is 7.98. The number of nitrogens with one attached hydrogen (secondary N) is 1. The molecule has 238 valence electrons. The number of methoxy groups -OCH3 is 1. The van der Waals surface area contributed by atoms with Crippen LogP contribution in [-0.2, 0) is 11.3 Å². The zero-order chi connectivity index (χ0) is 31.0. The third-order valence-electron chi connectivity index (χ3n) is 11.5. The Hall–Kier alpha value is -2.97. The maximum Gasteiger partial charge on any atom is 0.261 e. The Kier molecular flexibility index (Phi) is 7.25. The Morgan fingerprint density at radius 2 is 1.76 bits per heavy atom. The molecule has 2 saturated carbocycles. The fourth-order valence-corrected chi connectivity index (χ4v) is 9.82. The van der Waals surface area contributed by atoms with Gasteiger partial charge in [0.15, 0.2) is 0 Å². The van der Waals surface area contributed by atoms with E-state index < -0.39 is 5.41 Å². The van der Waals surface area contributed by atoms with Crippen LogP contribution < -0.4 is 9.46 Å². The van der Waals surface area contributed by atoms with Crippen LogP contribution in [0.5, 0.6) is 5.75 Å². The first-order chi connectivity index (χ1) is 21.8. The first-order valence-corrected chi connectivity index (χ1v) is 18.0. The van der Waals surface area contributed by atoms with E-state index in [0.29, 0.717) is 41.3 Å². The lowest BCUT2D eigenvalue weighted by atomic mass is 9.81. The minimum atomic E-state index is -0.481. The van der Waals surface area contributed by atoms with Crippen molar-refractivity contribution in [2.24, 2.45) is 5.41 Å². The van der Waals surface area contributed by atoms with Gasteiger partial charge in [0, 0.05) is 64.9 Å². The van der Waals surface area contributed by atoms with Gasteiger partial charge in [0.1, 0.15) is 5.75 Å². The summed E-state index contributed by atoms with van der Waals surface area (Å²) in [5, 5.41) is 1.55. The van der Waals surface area contributed by atoms with Crippen LogP contribution in [0.25, 0.3) is 22.2 Å². The third-order valence-corrected chi connectivity index (χ3v) is 12.3. The van der Waals surface area contributed by atoms with Crippen LogP contribution in [-0.4, -0.2) is 70.8 Å². The summed E-state index contributed by atoms with van der Waals surface area (Å²) in [7, 11) is 3.93. The summed E-state index contributed by atoms with van der Waals surface area (Å²) >= 11 is 1.45. The van der Waals surface area contributed by atoms with E-state index in [1.165, 1.54) is 71.8 Å². The molecule has 1 aromatic heterocycles. The molecule has 7 nitrogen and oxygen atoms in total. The van der Waals surface area contributed by atoms with E-state index in [1.807, 2.05) is 6.07 Å². The molecule has 2 aromatic carbocycles. The fraction of sp³-hybridized carbons (Fsp3) is 0.568. The molecule has 0 spiro atoms. The summed E-state index contributed by atoms with van der Waals surface area (Å²) in [6, 6.07) is 13.5. The van der Waals surface area contributed by atoms with Crippen LogP contribution in [0.1, 0.15) is 98.5 Å². The van der Waals surface area contributed by atoms with Crippen LogP contribution >= 0.6 is 11.9 Å². The molecule has 5 aliphatic rings. The standard InChI is InChI=1S/C37H46N4O3S/c1-22(2)45-38-35(42)24-10-14-29-32(16-24)40-21-37(36(43)41-25-11-12-26(41)20-39(3)19-25)18-31(37)30-17-27(44-4)13-15-28(30)34(40)33(29)23-8-6-5-7-9-23/h10,13-17,22-23,25-26,31H,5-9,11-12,18-21H2,1-4H3,(H,38,42). The summed E-state index contributed by atoms with van der Waals surface area (Å²) in [6.07, 6.45) is 9.22. The second kappa shape index (κ2) is 11.1. The first kappa shape index (κ1) is 29.4. The number of nitrogens with zero attached hydrogens (tertiary/aromatic N) is 3. The number of piperazine rings is 1. The Labute approximate surface area is 271 Å². The van der Waals surface area contributed by atoms with Crippen molar-refractivity contribution in [3.63, 3.8) is 0 Å². The lowest BCUT2D eigenvalue weighted by Gasteiger charge is -2.41.